The fourth-order valence-electron chi connectivity index (χ4n) is 6.88. The molecule has 204 valence electrons. The van der Waals surface area contributed by atoms with Gasteiger partial charge in [-0.3, -0.25) is 4.90 Å². The maximum absolute atomic E-state index is 14.7. The van der Waals surface area contributed by atoms with Crippen LogP contribution in [0.4, 0.5) is 4.39 Å². The van der Waals surface area contributed by atoms with Crippen LogP contribution in [-0.4, -0.2) is 60.8 Å². The third-order valence-electron chi connectivity index (χ3n) is 9.10. The zero-order valence-electron chi connectivity index (χ0n) is 22.7. The van der Waals surface area contributed by atoms with E-state index in [4.69, 9.17) is 4.98 Å². The van der Waals surface area contributed by atoms with Gasteiger partial charge in [0.15, 0.2) is 9.84 Å². The zero-order chi connectivity index (χ0) is 26.6. The predicted octanol–water partition coefficient (Wildman–Crippen LogP) is 5.19. The number of nitrogens with one attached hydrogen (secondary N) is 1. The second kappa shape index (κ2) is 10.0. The summed E-state index contributed by atoms with van der Waals surface area (Å²) in [6, 6.07) is 10.3. The van der Waals surface area contributed by atoms with Gasteiger partial charge in [0, 0.05) is 31.0 Å². The van der Waals surface area contributed by atoms with E-state index in [2.05, 4.69) is 29.3 Å². The van der Waals surface area contributed by atoms with E-state index in [1.807, 2.05) is 11.6 Å². The number of hydrogen-bond acceptors (Lipinski definition) is 5. The molecule has 2 saturated heterocycles. The molecule has 2 aliphatic heterocycles. The first-order chi connectivity index (χ1) is 18.2. The van der Waals surface area contributed by atoms with Crippen molar-refractivity contribution in [2.75, 3.05) is 25.9 Å². The average molecular weight is 539 g/mol. The lowest BCUT2D eigenvalue weighted by Crippen LogP contribution is -2.51. The van der Waals surface area contributed by atoms with Gasteiger partial charge in [0.2, 0.25) is 0 Å². The van der Waals surface area contributed by atoms with Gasteiger partial charge < -0.3 is 9.88 Å². The molecule has 1 unspecified atom stereocenters. The molecule has 38 heavy (non-hydrogen) atoms. The Morgan fingerprint density at radius 1 is 1.08 bits per heavy atom. The third-order valence-corrected chi connectivity index (χ3v) is 10.2. The molecule has 1 aromatic heterocycles. The minimum absolute atomic E-state index is 0.282. The van der Waals surface area contributed by atoms with Gasteiger partial charge >= 0.3 is 0 Å². The van der Waals surface area contributed by atoms with Gasteiger partial charge in [-0.15, -0.1) is 0 Å². The molecule has 0 amide bonds. The normalized spacial score (nSPS) is 23.8. The van der Waals surface area contributed by atoms with Crippen molar-refractivity contribution < 1.29 is 12.8 Å². The molecule has 3 fully saturated rings. The van der Waals surface area contributed by atoms with E-state index < -0.39 is 15.7 Å². The molecule has 3 aromatic rings. The van der Waals surface area contributed by atoms with E-state index in [0.717, 1.165) is 47.9 Å². The number of sulfone groups is 1. The molecule has 6 nitrogen and oxygen atoms in total. The van der Waals surface area contributed by atoms with Crippen molar-refractivity contribution >= 4 is 20.9 Å². The fourth-order valence-corrected chi connectivity index (χ4v) is 7.61. The summed E-state index contributed by atoms with van der Waals surface area (Å²) in [5.41, 5.74) is 5.05. The molecule has 8 heteroatoms. The predicted molar refractivity (Wildman–Crippen MR) is 150 cm³/mol. The smallest absolute Gasteiger partial charge is 0.178 e. The summed E-state index contributed by atoms with van der Waals surface area (Å²) in [4.78, 5) is 7.45. The number of hydrogen-bond donors (Lipinski definition) is 1. The highest BCUT2D eigenvalue weighted by Gasteiger charge is 2.37. The Morgan fingerprint density at radius 2 is 1.84 bits per heavy atom. The van der Waals surface area contributed by atoms with Crippen molar-refractivity contribution in [1.29, 1.82) is 0 Å². The number of imidazole rings is 1. The first kappa shape index (κ1) is 26.0. The van der Waals surface area contributed by atoms with Gasteiger partial charge in [-0.25, -0.2) is 17.8 Å². The standard InChI is InChI=1S/C30H39FN4O2S/c1-19-14-23(21-10-13-35(24-8-11-32-12-9-24)25(16-21)15-20-4-5-20)18-27-29(19)33-30(34(27)2)22-6-7-28(26(31)17-22)38(3,36)37/h6-7,14,17-18,20-21,24-25,32H,4-5,8-13,15-16H2,1-3H3/t21?,25-/m1/s1. The quantitative estimate of drug-likeness (QED) is 0.468. The van der Waals surface area contributed by atoms with Crippen molar-refractivity contribution in [2.24, 2.45) is 13.0 Å². The largest absolute Gasteiger partial charge is 0.327 e. The van der Waals surface area contributed by atoms with E-state index in [1.54, 1.807) is 6.07 Å². The number of aryl methyl sites for hydroxylation is 2. The van der Waals surface area contributed by atoms with Gasteiger partial charge in [0.1, 0.15) is 16.5 Å². The Hall–Kier alpha value is -2.29. The number of rotatable bonds is 6. The molecule has 3 aliphatic rings. The van der Waals surface area contributed by atoms with Crippen molar-refractivity contribution in [1.82, 2.24) is 19.8 Å². The number of halogens is 1. The van der Waals surface area contributed by atoms with E-state index in [-0.39, 0.29) is 4.90 Å². The van der Waals surface area contributed by atoms with Crippen molar-refractivity contribution in [3.63, 3.8) is 0 Å². The van der Waals surface area contributed by atoms with Crippen LogP contribution in [0.2, 0.25) is 0 Å². The highest BCUT2D eigenvalue weighted by molar-refractivity contribution is 7.90. The monoisotopic (exact) mass is 538 g/mol. The SMILES string of the molecule is Cc1cc(C2CCN(C3CCNCC3)[C@H](CC3CC3)C2)cc2c1nc(-c1ccc(S(C)(=O)=O)c(F)c1)n2C. The molecule has 6 rings (SSSR count). The van der Waals surface area contributed by atoms with Gasteiger partial charge in [-0.05, 0) is 106 Å². The number of piperidine rings is 2. The van der Waals surface area contributed by atoms with Gasteiger partial charge in [0.05, 0.1) is 11.0 Å². The average Bonchev–Trinajstić information content (AvgIpc) is 3.64. The van der Waals surface area contributed by atoms with Crippen molar-refractivity contribution in [2.45, 2.75) is 74.8 Å². The summed E-state index contributed by atoms with van der Waals surface area (Å²) in [5, 5.41) is 3.53. The lowest BCUT2D eigenvalue weighted by molar-refractivity contribution is 0.0598. The lowest BCUT2D eigenvalue weighted by atomic mass is 9.81. The van der Waals surface area contributed by atoms with Gasteiger partial charge in [-0.1, -0.05) is 18.9 Å². The number of likely N-dealkylation sites (tertiary alicyclic amines) is 1. The molecule has 1 aliphatic carbocycles. The Morgan fingerprint density at radius 3 is 2.53 bits per heavy atom. The Kier molecular flexibility index (Phi) is 6.85. The molecule has 2 aromatic carbocycles. The summed E-state index contributed by atoms with van der Waals surface area (Å²) in [6.07, 6.45) is 10.1. The summed E-state index contributed by atoms with van der Waals surface area (Å²) in [5.74, 6) is 1.36. The Labute approximate surface area is 225 Å². The third kappa shape index (κ3) is 5.03. The molecular weight excluding hydrogens is 499 g/mol. The summed E-state index contributed by atoms with van der Waals surface area (Å²) >= 11 is 0. The number of aromatic nitrogens is 2. The first-order valence-corrected chi connectivity index (χ1v) is 16.0. The van der Waals surface area contributed by atoms with Crippen LogP contribution in [0.15, 0.2) is 35.2 Å². The van der Waals surface area contributed by atoms with E-state index in [9.17, 15) is 12.8 Å². The summed E-state index contributed by atoms with van der Waals surface area (Å²) in [6.45, 7) is 5.56. The highest BCUT2D eigenvalue weighted by atomic mass is 32.2. The molecule has 3 heterocycles. The van der Waals surface area contributed by atoms with Crippen LogP contribution in [0.1, 0.15) is 62.0 Å². The second-order valence-corrected chi connectivity index (χ2v) is 13.9. The second-order valence-electron chi connectivity index (χ2n) is 11.9. The van der Waals surface area contributed by atoms with Crippen LogP contribution in [-0.2, 0) is 16.9 Å². The maximum Gasteiger partial charge on any atom is 0.178 e. The number of nitrogens with zero attached hydrogens (tertiary/aromatic N) is 3. The summed E-state index contributed by atoms with van der Waals surface area (Å²) in [7, 11) is -1.66. The van der Waals surface area contributed by atoms with Crippen molar-refractivity contribution in [3.8, 4) is 11.4 Å². The highest BCUT2D eigenvalue weighted by Crippen LogP contribution is 2.42. The Bertz CT molecular complexity index is 1460. The molecular formula is C30H39FN4O2S. The topological polar surface area (TPSA) is 67.2 Å². The van der Waals surface area contributed by atoms with Crippen LogP contribution in [0.5, 0.6) is 0 Å². The number of benzene rings is 2. The molecule has 0 spiro atoms. The van der Waals surface area contributed by atoms with E-state index in [0.29, 0.717) is 23.3 Å². The number of fused-ring (bicyclic) bond motifs is 1. The molecule has 1 N–H and O–H groups in total. The first-order valence-electron chi connectivity index (χ1n) is 14.1. The zero-order valence-corrected chi connectivity index (χ0v) is 23.5. The van der Waals surface area contributed by atoms with Crippen LogP contribution >= 0.6 is 0 Å². The minimum atomic E-state index is -3.62. The van der Waals surface area contributed by atoms with E-state index in [1.165, 1.54) is 69.2 Å². The lowest BCUT2D eigenvalue weighted by Gasteiger charge is -2.45. The Balaban J connectivity index is 1.30. The summed E-state index contributed by atoms with van der Waals surface area (Å²) < 4.78 is 40.4. The van der Waals surface area contributed by atoms with Crippen LogP contribution in [0.25, 0.3) is 22.4 Å². The van der Waals surface area contributed by atoms with Crippen LogP contribution < -0.4 is 5.32 Å². The molecule has 0 radical (unpaired) electrons. The van der Waals surface area contributed by atoms with Crippen LogP contribution in [0, 0.1) is 18.7 Å². The van der Waals surface area contributed by atoms with Gasteiger partial charge in [0.25, 0.3) is 0 Å². The molecule has 2 atom stereocenters. The van der Waals surface area contributed by atoms with Crippen molar-refractivity contribution in [3.05, 3.63) is 47.3 Å². The maximum atomic E-state index is 14.7. The molecule has 0 bridgehead atoms. The van der Waals surface area contributed by atoms with E-state index >= 15 is 0 Å². The van der Waals surface area contributed by atoms with Gasteiger partial charge in [-0.2, -0.15) is 0 Å². The molecule has 1 saturated carbocycles. The fraction of sp³-hybridized carbons (Fsp3) is 0.567. The minimum Gasteiger partial charge on any atom is -0.327 e. The van der Waals surface area contributed by atoms with Crippen LogP contribution in [0.3, 0.4) is 0 Å².